The van der Waals surface area contributed by atoms with Crippen LogP contribution < -0.4 is 5.73 Å². The van der Waals surface area contributed by atoms with Gasteiger partial charge in [0.1, 0.15) is 0 Å². The lowest BCUT2D eigenvalue weighted by molar-refractivity contribution is 0.0468. The van der Waals surface area contributed by atoms with Crippen molar-refractivity contribution in [1.29, 1.82) is 5.41 Å². The van der Waals surface area contributed by atoms with E-state index in [0.29, 0.717) is 12.5 Å². The predicted molar refractivity (Wildman–Crippen MR) is 57.4 cm³/mol. The molecule has 2 atom stereocenters. The second kappa shape index (κ2) is 5.32. The zero-order chi connectivity index (χ0) is 10.6. The monoisotopic (exact) mass is 199 g/mol. The topological polar surface area (TPSA) is 73.3 Å². The van der Waals surface area contributed by atoms with E-state index in [1.807, 2.05) is 0 Å². The maximum atomic E-state index is 9.53. The number of nitrogens with two attached hydrogens (primary N) is 1. The maximum absolute atomic E-state index is 9.53. The lowest BCUT2D eigenvalue weighted by atomic mass is 10.0. The number of amidine groups is 1. The van der Waals surface area contributed by atoms with Crippen molar-refractivity contribution in [3.05, 3.63) is 0 Å². The number of hydrogen-bond donors (Lipinski definition) is 3. The molecule has 0 aromatic rings. The van der Waals surface area contributed by atoms with Crippen LogP contribution in [0.25, 0.3) is 0 Å². The van der Waals surface area contributed by atoms with Gasteiger partial charge in [0.2, 0.25) is 0 Å². The molecule has 0 bridgehead atoms. The van der Waals surface area contributed by atoms with Crippen LogP contribution in [0.15, 0.2) is 0 Å². The Bertz CT molecular complexity index is 196. The Balaban J connectivity index is 2.46. The van der Waals surface area contributed by atoms with Gasteiger partial charge in [-0.25, -0.2) is 0 Å². The molecule has 0 aromatic heterocycles. The van der Waals surface area contributed by atoms with Crippen LogP contribution in [-0.4, -0.2) is 41.1 Å². The van der Waals surface area contributed by atoms with E-state index in [0.717, 1.165) is 32.4 Å². The summed E-state index contributed by atoms with van der Waals surface area (Å²) in [5.41, 5.74) is 5.40. The average molecular weight is 199 g/mol. The van der Waals surface area contributed by atoms with E-state index in [2.05, 4.69) is 11.8 Å². The molecule has 1 heterocycles. The first-order valence-electron chi connectivity index (χ1n) is 5.38. The van der Waals surface area contributed by atoms with Gasteiger partial charge >= 0.3 is 0 Å². The minimum Gasteiger partial charge on any atom is -0.392 e. The molecule has 2 unspecified atom stereocenters. The van der Waals surface area contributed by atoms with Crippen molar-refractivity contribution in [3.63, 3.8) is 0 Å². The summed E-state index contributed by atoms with van der Waals surface area (Å²) in [5.74, 6) is 0.247. The molecule has 1 fully saturated rings. The lowest BCUT2D eigenvalue weighted by Gasteiger charge is -2.36. The van der Waals surface area contributed by atoms with Gasteiger partial charge in [0.05, 0.1) is 11.9 Å². The molecule has 4 nitrogen and oxygen atoms in total. The third-order valence-electron chi connectivity index (χ3n) is 2.87. The van der Waals surface area contributed by atoms with Crippen molar-refractivity contribution in [2.24, 2.45) is 5.73 Å². The Morgan fingerprint density at radius 3 is 2.93 bits per heavy atom. The standard InChI is InChI=1S/C10H21N3O/c1-2-8(6-10(11)12)13-5-3-4-9(14)7-13/h8-9,14H,2-7H2,1H3,(H3,11,12). The van der Waals surface area contributed by atoms with Crippen LogP contribution in [0.1, 0.15) is 32.6 Å². The van der Waals surface area contributed by atoms with Gasteiger partial charge in [-0.1, -0.05) is 6.92 Å². The highest BCUT2D eigenvalue weighted by Gasteiger charge is 2.23. The van der Waals surface area contributed by atoms with Crippen molar-refractivity contribution in [2.75, 3.05) is 13.1 Å². The summed E-state index contributed by atoms with van der Waals surface area (Å²) in [6.45, 7) is 3.88. The molecule has 4 heteroatoms. The van der Waals surface area contributed by atoms with Crippen molar-refractivity contribution < 1.29 is 5.11 Å². The molecule has 0 saturated carbocycles. The normalized spacial score (nSPS) is 26.0. The molecule has 1 aliphatic rings. The maximum Gasteiger partial charge on any atom is 0.0921 e. The summed E-state index contributed by atoms with van der Waals surface area (Å²) in [6.07, 6.45) is 3.39. The highest BCUT2D eigenvalue weighted by molar-refractivity contribution is 5.77. The molecule has 1 aliphatic heterocycles. The van der Waals surface area contributed by atoms with Crippen LogP contribution in [-0.2, 0) is 0 Å². The number of aliphatic hydroxyl groups is 1. The number of hydrogen-bond acceptors (Lipinski definition) is 3. The molecule has 4 N–H and O–H groups in total. The Morgan fingerprint density at radius 1 is 1.71 bits per heavy atom. The van der Waals surface area contributed by atoms with Gasteiger partial charge in [-0.05, 0) is 25.8 Å². The molecule has 0 amide bonds. The molecular formula is C10H21N3O. The first-order chi connectivity index (χ1) is 6.63. The number of aliphatic hydroxyl groups excluding tert-OH is 1. The molecule has 14 heavy (non-hydrogen) atoms. The Kier molecular flexibility index (Phi) is 4.35. The highest BCUT2D eigenvalue weighted by atomic mass is 16.3. The van der Waals surface area contributed by atoms with Crippen molar-refractivity contribution in [2.45, 2.75) is 44.8 Å². The molecule has 0 spiro atoms. The number of nitrogens with zero attached hydrogens (tertiary/aromatic N) is 1. The fourth-order valence-corrected chi connectivity index (χ4v) is 2.10. The second-order valence-corrected chi connectivity index (χ2v) is 4.08. The second-order valence-electron chi connectivity index (χ2n) is 4.08. The van der Waals surface area contributed by atoms with Gasteiger partial charge < -0.3 is 10.8 Å². The summed E-state index contributed by atoms with van der Waals surface area (Å²) in [4.78, 5) is 2.26. The smallest absolute Gasteiger partial charge is 0.0921 e. The molecular weight excluding hydrogens is 178 g/mol. The third kappa shape index (κ3) is 3.27. The number of nitrogens with one attached hydrogen (secondary N) is 1. The zero-order valence-electron chi connectivity index (χ0n) is 8.87. The van der Waals surface area contributed by atoms with E-state index in [1.165, 1.54) is 0 Å². The van der Waals surface area contributed by atoms with Crippen LogP contribution in [0.4, 0.5) is 0 Å². The first-order valence-corrected chi connectivity index (χ1v) is 5.38. The van der Waals surface area contributed by atoms with Crippen molar-refractivity contribution >= 4 is 5.84 Å². The van der Waals surface area contributed by atoms with Gasteiger partial charge in [-0.2, -0.15) is 0 Å². The fraction of sp³-hybridized carbons (Fsp3) is 0.900. The summed E-state index contributed by atoms with van der Waals surface area (Å²) in [6, 6.07) is 0.336. The van der Waals surface area contributed by atoms with Crippen LogP contribution in [0.5, 0.6) is 0 Å². The number of likely N-dealkylation sites (tertiary alicyclic amines) is 1. The number of β-amino-alcohol motifs (C(OH)–C–C–N with tert-alkyl or cyclic N) is 1. The Morgan fingerprint density at radius 2 is 2.43 bits per heavy atom. The highest BCUT2D eigenvalue weighted by Crippen LogP contribution is 2.16. The van der Waals surface area contributed by atoms with Crippen molar-refractivity contribution in [3.8, 4) is 0 Å². The molecule has 0 aromatic carbocycles. The summed E-state index contributed by atoms with van der Waals surface area (Å²) in [7, 11) is 0. The summed E-state index contributed by atoms with van der Waals surface area (Å²) in [5, 5.41) is 16.8. The van der Waals surface area contributed by atoms with Gasteiger partial charge in [0, 0.05) is 19.0 Å². The van der Waals surface area contributed by atoms with E-state index in [-0.39, 0.29) is 11.9 Å². The Hall–Kier alpha value is -0.610. The van der Waals surface area contributed by atoms with Crippen LogP contribution >= 0.6 is 0 Å². The predicted octanol–water partition coefficient (Wildman–Crippen LogP) is 0.548. The SMILES string of the molecule is CCC(CC(=N)N)N1CCCC(O)C1. The number of rotatable bonds is 4. The third-order valence-corrected chi connectivity index (χ3v) is 2.87. The van der Waals surface area contributed by atoms with E-state index >= 15 is 0 Å². The largest absolute Gasteiger partial charge is 0.392 e. The van der Waals surface area contributed by atoms with Gasteiger partial charge in [0.25, 0.3) is 0 Å². The summed E-state index contributed by atoms with van der Waals surface area (Å²) < 4.78 is 0. The minimum absolute atomic E-state index is 0.190. The average Bonchev–Trinajstić information content (AvgIpc) is 2.14. The fourth-order valence-electron chi connectivity index (χ4n) is 2.10. The van der Waals surface area contributed by atoms with E-state index in [4.69, 9.17) is 11.1 Å². The van der Waals surface area contributed by atoms with Crippen molar-refractivity contribution in [1.82, 2.24) is 4.90 Å². The Labute approximate surface area is 85.6 Å². The molecule has 1 rings (SSSR count). The van der Waals surface area contributed by atoms with Gasteiger partial charge in [-0.3, -0.25) is 10.3 Å². The minimum atomic E-state index is -0.190. The zero-order valence-corrected chi connectivity index (χ0v) is 8.87. The molecule has 1 saturated heterocycles. The molecule has 0 radical (unpaired) electrons. The number of piperidine rings is 1. The van der Waals surface area contributed by atoms with E-state index in [9.17, 15) is 5.11 Å². The summed E-state index contributed by atoms with van der Waals surface area (Å²) >= 11 is 0. The van der Waals surface area contributed by atoms with Crippen LogP contribution in [0.3, 0.4) is 0 Å². The van der Waals surface area contributed by atoms with Crippen LogP contribution in [0.2, 0.25) is 0 Å². The van der Waals surface area contributed by atoms with E-state index < -0.39 is 0 Å². The molecule has 0 aliphatic carbocycles. The first kappa shape index (κ1) is 11.5. The van der Waals surface area contributed by atoms with Gasteiger partial charge in [-0.15, -0.1) is 0 Å². The lowest BCUT2D eigenvalue weighted by Crippen LogP contribution is -2.45. The molecule has 82 valence electrons. The van der Waals surface area contributed by atoms with Gasteiger partial charge in [0.15, 0.2) is 0 Å². The van der Waals surface area contributed by atoms with E-state index in [1.54, 1.807) is 0 Å². The van der Waals surface area contributed by atoms with Crippen LogP contribution in [0, 0.1) is 5.41 Å². The quantitative estimate of drug-likeness (QED) is 0.457.